The molecule has 0 aliphatic carbocycles. The number of rotatable bonds is 7. The van der Waals surface area contributed by atoms with Crippen molar-refractivity contribution in [2.45, 2.75) is 56.5 Å². The van der Waals surface area contributed by atoms with Crippen LogP contribution in [0.3, 0.4) is 0 Å². The molecule has 4 rings (SSSR count). The number of benzene rings is 3. The van der Waals surface area contributed by atoms with Gasteiger partial charge in [-0.25, -0.2) is 13.1 Å². The normalized spacial score (nSPS) is 16.2. The van der Waals surface area contributed by atoms with Crippen LogP contribution in [0.1, 0.15) is 45.6 Å². The predicted molar refractivity (Wildman–Crippen MR) is 153 cm³/mol. The summed E-state index contributed by atoms with van der Waals surface area (Å²) in [5.74, 6) is -0.114. The predicted octanol–water partition coefficient (Wildman–Crippen LogP) is 4.71. The third-order valence-electron chi connectivity index (χ3n) is 6.37. The molecule has 1 fully saturated rings. The van der Waals surface area contributed by atoms with Crippen molar-refractivity contribution in [1.82, 2.24) is 4.72 Å². The third kappa shape index (κ3) is 6.41. The highest BCUT2D eigenvalue weighted by molar-refractivity contribution is 7.89. The molecular formula is C29H35N5O3S. The van der Waals surface area contributed by atoms with Crippen LogP contribution in [0.15, 0.2) is 77.7 Å². The van der Waals surface area contributed by atoms with Crippen molar-refractivity contribution in [3.05, 3.63) is 78.4 Å². The summed E-state index contributed by atoms with van der Waals surface area (Å²) in [5.41, 5.74) is 8.52. The summed E-state index contributed by atoms with van der Waals surface area (Å²) in [6.45, 7) is 6.15. The van der Waals surface area contributed by atoms with E-state index in [2.05, 4.69) is 14.9 Å². The molecule has 38 heavy (non-hydrogen) atoms. The standard InChI is InChI=1S/C29H35N5O3S/c1-29(2,3)33-38(36,37)26-13-5-4-11-24(26)20-14-16-22(17-15-20)32-28(35)25-12-6-7-18-34(25)23-10-8-9-21(19-23)27(30)31/h4-5,8-11,13-17,19,25,33H,6-7,12,18H2,1-3H3,(H3,30,31)(H,32,35)/t25-/m0/s1. The lowest BCUT2D eigenvalue weighted by Crippen LogP contribution is -2.47. The van der Waals surface area contributed by atoms with Gasteiger partial charge in [0, 0.05) is 34.6 Å². The number of amidine groups is 1. The van der Waals surface area contributed by atoms with Gasteiger partial charge in [0.25, 0.3) is 0 Å². The molecule has 5 N–H and O–H groups in total. The fraction of sp³-hybridized carbons (Fsp3) is 0.310. The Balaban J connectivity index is 1.54. The van der Waals surface area contributed by atoms with E-state index in [0.717, 1.165) is 37.1 Å². The number of sulfonamides is 1. The van der Waals surface area contributed by atoms with Crippen molar-refractivity contribution in [3.8, 4) is 11.1 Å². The minimum atomic E-state index is -3.73. The minimum absolute atomic E-state index is 0.00601. The van der Waals surface area contributed by atoms with Gasteiger partial charge in [-0.2, -0.15) is 0 Å². The Kier molecular flexibility index (Phi) is 7.89. The Bertz CT molecular complexity index is 1430. The maximum Gasteiger partial charge on any atom is 0.247 e. The minimum Gasteiger partial charge on any atom is -0.384 e. The molecule has 9 heteroatoms. The van der Waals surface area contributed by atoms with Gasteiger partial charge in [0.1, 0.15) is 11.9 Å². The number of nitrogens with two attached hydrogens (primary N) is 1. The summed E-state index contributed by atoms with van der Waals surface area (Å²) in [4.78, 5) is 15.6. The summed E-state index contributed by atoms with van der Waals surface area (Å²) < 4.78 is 28.8. The van der Waals surface area contributed by atoms with Gasteiger partial charge < -0.3 is 16.0 Å². The van der Waals surface area contributed by atoms with Crippen LogP contribution in [0, 0.1) is 5.41 Å². The molecule has 0 radical (unpaired) electrons. The average molecular weight is 534 g/mol. The topological polar surface area (TPSA) is 128 Å². The first-order valence-corrected chi connectivity index (χ1v) is 14.2. The van der Waals surface area contributed by atoms with E-state index in [1.807, 2.05) is 30.3 Å². The van der Waals surface area contributed by atoms with Gasteiger partial charge in [0.2, 0.25) is 15.9 Å². The maximum absolute atomic E-state index is 13.3. The van der Waals surface area contributed by atoms with Gasteiger partial charge in [-0.15, -0.1) is 0 Å². The SMILES string of the molecule is CC(C)(C)NS(=O)(=O)c1ccccc1-c1ccc(NC(=O)[C@@H]2CCCCN2c2cccc(C(=N)N)c2)cc1. The van der Waals surface area contributed by atoms with E-state index in [1.54, 1.807) is 63.2 Å². The molecule has 0 spiro atoms. The van der Waals surface area contributed by atoms with E-state index >= 15 is 0 Å². The molecule has 1 atom stereocenters. The van der Waals surface area contributed by atoms with Crippen molar-refractivity contribution < 1.29 is 13.2 Å². The Morgan fingerprint density at radius 1 is 1.00 bits per heavy atom. The molecule has 3 aromatic carbocycles. The Hall–Kier alpha value is -3.69. The van der Waals surface area contributed by atoms with E-state index in [9.17, 15) is 13.2 Å². The highest BCUT2D eigenvalue weighted by atomic mass is 32.2. The van der Waals surface area contributed by atoms with Crippen molar-refractivity contribution in [1.29, 1.82) is 5.41 Å². The van der Waals surface area contributed by atoms with Gasteiger partial charge in [0.15, 0.2) is 0 Å². The second kappa shape index (κ2) is 11.0. The molecule has 8 nitrogen and oxygen atoms in total. The van der Waals surface area contributed by atoms with Crippen LogP contribution >= 0.6 is 0 Å². The molecular weight excluding hydrogens is 498 g/mol. The molecule has 0 unspecified atom stereocenters. The molecule has 0 aromatic heterocycles. The van der Waals surface area contributed by atoms with E-state index in [-0.39, 0.29) is 22.7 Å². The quantitative estimate of drug-likeness (QED) is 0.258. The van der Waals surface area contributed by atoms with Crippen LogP contribution in [-0.2, 0) is 14.8 Å². The van der Waals surface area contributed by atoms with Gasteiger partial charge in [-0.1, -0.05) is 42.5 Å². The zero-order valence-corrected chi connectivity index (χ0v) is 22.8. The molecule has 200 valence electrons. The number of nitrogen functional groups attached to an aromatic ring is 1. The lowest BCUT2D eigenvalue weighted by atomic mass is 9.99. The van der Waals surface area contributed by atoms with Gasteiger partial charge in [0.05, 0.1) is 4.90 Å². The van der Waals surface area contributed by atoms with Crippen molar-refractivity contribution in [2.75, 3.05) is 16.8 Å². The molecule has 1 aliphatic heterocycles. The van der Waals surface area contributed by atoms with Crippen LogP contribution in [-0.4, -0.2) is 38.3 Å². The highest BCUT2D eigenvalue weighted by Crippen LogP contribution is 2.30. The Labute approximate surface area is 224 Å². The second-order valence-corrected chi connectivity index (χ2v) is 12.2. The number of carbonyl (C=O) groups is 1. The van der Waals surface area contributed by atoms with E-state index < -0.39 is 15.6 Å². The first-order valence-electron chi connectivity index (χ1n) is 12.7. The number of piperidine rings is 1. The number of anilines is 2. The first kappa shape index (κ1) is 27.3. The van der Waals surface area contributed by atoms with Gasteiger partial charge in [-0.05, 0) is 75.9 Å². The summed E-state index contributed by atoms with van der Waals surface area (Å²) in [7, 11) is -3.73. The van der Waals surface area contributed by atoms with Crippen LogP contribution < -0.4 is 20.7 Å². The zero-order valence-electron chi connectivity index (χ0n) is 22.0. The maximum atomic E-state index is 13.3. The number of hydrogen-bond donors (Lipinski definition) is 4. The van der Waals surface area contributed by atoms with E-state index in [1.165, 1.54) is 0 Å². The molecule has 1 aliphatic rings. The smallest absolute Gasteiger partial charge is 0.247 e. The van der Waals surface area contributed by atoms with E-state index in [0.29, 0.717) is 16.8 Å². The first-order chi connectivity index (χ1) is 17.9. The molecule has 1 heterocycles. The van der Waals surface area contributed by atoms with Crippen LogP contribution in [0.2, 0.25) is 0 Å². The molecule has 3 aromatic rings. The zero-order chi connectivity index (χ0) is 27.5. The summed E-state index contributed by atoms with van der Waals surface area (Å²) in [5, 5.41) is 10.8. The summed E-state index contributed by atoms with van der Waals surface area (Å²) in [6, 6.07) is 21.2. The van der Waals surface area contributed by atoms with Crippen LogP contribution in [0.5, 0.6) is 0 Å². The lowest BCUT2D eigenvalue weighted by Gasteiger charge is -2.36. The third-order valence-corrected chi connectivity index (χ3v) is 8.19. The molecule has 1 amide bonds. The van der Waals surface area contributed by atoms with Crippen LogP contribution in [0.25, 0.3) is 11.1 Å². The Morgan fingerprint density at radius 2 is 1.71 bits per heavy atom. The molecule has 1 saturated heterocycles. The Morgan fingerprint density at radius 3 is 2.39 bits per heavy atom. The van der Waals surface area contributed by atoms with Gasteiger partial charge >= 0.3 is 0 Å². The molecule has 0 bridgehead atoms. The van der Waals surface area contributed by atoms with Crippen molar-refractivity contribution in [2.24, 2.45) is 5.73 Å². The number of hydrogen-bond acceptors (Lipinski definition) is 5. The summed E-state index contributed by atoms with van der Waals surface area (Å²) in [6.07, 6.45) is 2.66. The van der Waals surface area contributed by atoms with Crippen LogP contribution in [0.4, 0.5) is 11.4 Å². The number of amides is 1. The monoisotopic (exact) mass is 533 g/mol. The van der Waals surface area contributed by atoms with Gasteiger partial charge in [-0.3, -0.25) is 10.2 Å². The average Bonchev–Trinajstić information content (AvgIpc) is 2.88. The number of nitrogens with zero attached hydrogens (tertiary/aromatic N) is 1. The summed E-state index contributed by atoms with van der Waals surface area (Å²) >= 11 is 0. The molecule has 0 saturated carbocycles. The van der Waals surface area contributed by atoms with Crippen molar-refractivity contribution in [3.63, 3.8) is 0 Å². The fourth-order valence-corrected chi connectivity index (χ4v) is 6.37. The van der Waals surface area contributed by atoms with E-state index in [4.69, 9.17) is 11.1 Å². The van der Waals surface area contributed by atoms with Crippen molar-refractivity contribution >= 4 is 33.1 Å². The number of nitrogens with one attached hydrogen (secondary N) is 3. The fourth-order valence-electron chi connectivity index (χ4n) is 4.72. The second-order valence-electron chi connectivity index (χ2n) is 10.6. The highest BCUT2D eigenvalue weighted by Gasteiger charge is 2.29. The lowest BCUT2D eigenvalue weighted by molar-refractivity contribution is -0.117. The number of carbonyl (C=O) groups excluding carboxylic acids is 1. The largest absolute Gasteiger partial charge is 0.384 e.